The maximum absolute atomic E-state index is 5.88. The molecule has 0 spiro atoms. The van der Waals surface area contributed by atoms with E-state index < -0.39 is 0 Å². The number of aromatic nitrogens is 2. The van der Waals surface area contributed by atoms with E-state index >= 15 is 0 Å². The summed E-state index contributed by atoms with van der Waals surface area (Å²) in [5.41, 5.74) is 2.55. The van der Waals surface area contributed by atoms with Crippen molar-refractivity contribution in [3.8, 4) is 0 Å². The van der Waals surface area contributed by atoms with Gasteiger partial charge < -0.3 is 10.1 Å². The van der Waals surface area contributed by atoms with Crippen molar-refractivity contribution in [1.29, 1.82) is 0 Å². The minimum absolute atomic E-state index is 0.288. The maximum atomic E-state index is 5.88. The fourth-order valence-electron chi connectivity index (χ4n) is 3.36. The summed E-state index contributed by atoms with van der Waals surface area (Å²) in [5.74, 6) is 1.03. The first-order valence-corrected chi connectivity index (χ1v) is 7.82. The molecule has 1 aromatic heterocycles. The number of anilines is 1. The zero-order valence-electron chi connectivity index (χ0n) is 11.8. The van der Waals surface area contributed by atoms with Gasteiger partial charge in [0.15, 0.2) is 0 Å². The summed E-state index contributed by atoms with van der Waals surface area (Å²) >= 11 is 0. The molecule has 5 heteroatoms. The molecule has 1 atom stereocenters. The topological polar surface area (TPSA) is 50.3 Å². The van der Waals surface area contributed by atoms with Gasteiger partial charge in [-0.1, -0.05) is 0 Å². The minimum Gasteiger partial charge on any atom is -0.374 e. The highest BCUT2D eigenvalue weighted by Crippen LogP contribution is 2.28. The third kappa shape index (κ3) is 2.52. The molecule has 0 aromatic carbocycles. The van der Waals surface area contributed by atoms with Crippen LogP contribution in [0.15, 0.2) is 6.33 Å². The molecule has 1 aliphatic heterocycles. The number of fused-ring (bicyclic) bond motifs is 1. The Balaban J connectivity index is 1.37. The summed E-state index contributed by atoms with van der Waals surface area (Å²) in [4.78, 5) is 11.4. The Labute approximate surface area is 119 Å². The van der Waals surface area contributed by atoms with Gasteiger partial charge in [-0.3, -0.25) is 4.90 Å². The van der Waals surface area contributed by atoms with Crippen molar-refractivity contribution in [1.82, 2.24) is 14.9 Å². The van der Waals surface area contributed by atoms with E-state index in [0.29, 0.717) is 0 Å². The smallest absolute Gasteiger partial charge is 0.132 e. The van der Waals surface area contributed by atoms with Crippen LogP contribution in [-0.2, 0) is 17.6 Å². The number of nitrogens with one attached hydrogen (secondary N) is 1. The van der Waals surface area contributed by atoms with Gasteiger partial charge in [-0.2, -0.15) is 0 Å². The van der Waals surface area contributed by atoms with Gasteiger partial charge >= 0.3 is 0 Å². The van der Waals surface area contributed by atoms with Crippen molar-refractivity contribution < 1.29 is 4.74 Å². The number of ether oxygens (including phenoxy) is 1. The second-order valence-corrected chi connectivity index (χ2v) is 6.10. The van der Waals surface area contributed by atoms with Crippen molar-refractivity contribution >= 4 is 5.82 Å². The van der Waals surface area contributed by atoms with Gasteiger partial charge in [-0.25, -0.2) is 9.97 Å². The van der Waals surface area contributed by atoms with Gasteiger partial charge in [0.2, 0.25) is 0 Å². The first kappa shape index (κ1) is 12.5. The van der Waals surface area contributed by atoms with Crippen LogP contribution in [0.2, 0.25) is 0 Å². The van der Waals surface area contributed by atoms with Gasteiger partial charge in [0, 0.05) is 36.9 Å². The second kappa shape index (κ2) is 5.30. The van der Waals surface area contributed by atoms with Crippen molar-refractivity contribution in [2.75, 3.05) is 31.6 Å². The van der Waals surface area contributed by atoms with E-state index in [1.165, 1.54) is 30.5 Å². The lowest BCUT2D eigenvalue weighted by atomic mass is 10.2. The number of aryl methyl sites for hydroxylation is 1. The van der Waals surface area contributed by atoms with Crippen LogP contribution in [0.5, 0.6) is 0 Å². The maximum Gasteiger partial charge on any atom is 0.132 e. The highest BCUT2D eigenvalue weighted by molar-refractivity contribution is 5.48. The largest absolute Gasteiger partial charge is 0.374 e. The van der Waals surface area contributed by atoms with Crippen LogP contribution in [-0.4, -0.2) is 53.3 Å². The Bertz CT molecular complexity index is 489. The van der Waals surface area contributed by atoms with Crippen LogP contribution in [0.4, 0.5) is 5.82 Å². The van der Waals surface area contributed by atoms with E-state index in [4.69, 9.17) is 4.74 Å². The number of hydrogen-bond acceptors (Lipinski definition) is 5. The minimum atomic E-state index is 0.288. The summed E-state index contributed by atoms with van der Waals surface area (Å²) in [6.07, 6.45) is 8.14. The van der Waals surface area contributed by atoms with E-state index in [2.05, 4.69) is 20.2 Å². The second-order valence-electron chi connectivity index (χ2n) is 6.10. The van der Waals surface area contributed by atoms with E-state index in [1.807, 2.05) is 0 Å². The number of nitrogens with zero attached hydrogens (tertiary/aromatic N) is 3. The zero-order chi connectivity index (χ0) is 13.4. The summed E-state index contributed by atoms with van der Waals surface area (Å²) in [6.45, 7) is 3.88. The van der Waals surface area contributed by atoms with Crippen LogP contribution < -0.4 is 5.32 Å². The molecule has 1 saturated heterocycles. The predicted octanol–water partition coefficient (Wildman–Crippen LogP) is 1.24. The third-order valence-electron chi connectivity index (χ3n) is 4.61. The summed E-state index contributed by atoms with van der Waals surface area (Å²) in [5, 5.41) is 3.49. The molecule has 2 heterocycles. The van der Waals surface area contributed by atoms with Gasteiger partial charge in [0.1, 0.15) is 12.1 Å². The molecule has 2 fully saturated rings. The van der Waals surface area contributed by atoms with E-state index in [-0.39, 0.29) is 6.10 Å². The predicted molar refractivity (Wildman–Crippen MR) is 76.9 cm³/mol. The molecule has 4 rings (SSSR count). The molecule has 108 valence electrons. The Morgan fingerprint density at radius 1 is 1.30 bits per heavy atom. The van der Waals surface area contributed by atoms with Crippen molar-refractivity contribution in [3.63, 3.8) is 0 Å². The molecule has 1 aromatic rings. The molecular formula is C15H22N4O. The molecule has 0 radical (unpaired) electrons. The molecule has 2 aliphatic carbocycles. The Morgan fingerprint density at radius 2 is 2.25 bits per heavy atom. The molecular weight excluding hydrogens is 252 g/mol. The number of rotatable bonds is 4. The number of hydrogen-bond donors (Lipinski definition) is 1. The third-order valence-corrected chi connectivity index (χ3v) is 4.61. The van der Waals surface area contributed by atoms with Crippen LogP contribution in [0.1, 0.15) is 30.5 Å². The first-order chi connectivity index (χ1) is 9.90. The summed E-state index contributed by atoms with van der Waals surface area (Å²) in [7, 11) is 0. The Hall–Kier alpha value is -1.20. The summed E-state index contributed by atoms with van der Waals surface area (Å²) < 4.78 is 5.88. The average molecular weight is 274 g/mol. The van der Waals surface area contributed by atoms with E-state index in [1.54, 1.807) is 6.33 Å². The van der Waals surface area contributed by atoms with Gasteiger partial charge in [0.05, 0.1) is 12.7 Å². The average Bonchev–Trinajstić information content (AvgIpc) is 3.23. The molecule has 20 heavy (non-hydrogen) atoms. The monoisotopic (exact) mass is 274 g/mol. The normalized spacial score (nSPS) is 26.5. The zero-order valence-corrected chi connectivity index (χ0v) is 11.8. The standard InChI is InChI=1S/C15H22N4O/c1-2-13-14(3-1)17-10-18-15(13)16-8-12-9-19(6-7-20-12)11-4-5-11/h10-12H,1-9H2,(H,16,17,18). The van der Waals surface area contributed by atoms with Crippen LogP contribution in [0.3, 0.4) is 0 Å². The van der Waals surface area contributed by atoms with Crippen LogP contribution >= 0.6 is 0 Å². The lowest BCUT2D eigenvalue weighted by Crippen LogP contribution is -2.46. The van der Waals surface area contributed by atoms with Crippen LogP contribution in [0.25, 0.3) is 0 Å². The Kier molecular flexibility index (Phi) is 3.32. The SMILES string of the molecule is c1nc2c(c(NCC3CN(C4CC4)CCO3)n1)CCC2. The van der Waals surface area contributed by atoms with Gasteiger partial charge in [0.25, 0.3) is 0 Å². The highest BCUT2D eigenvalue weighted by atomic mass is 16.5. The van der Waals surface area contributed by atoms with Crippen molar-refractivity contribution in [2.24, 2.45) is 0 Å². The van der Waals surface area contributed by atoms with E-state index in [0.717, 1.165) is 50.9 Å². The number of morpholine rings is 1. The van der Waals surface area contributed by atoms with Gasteiger partial charge in [-0.15, -0.1) is 0 Å². The summed E-state index contributed by atoms with van der Waals surface area (Å²) in [6, 6.07) is 0.838. The molecule has 1 unspecified atom stereocenters. The lowest BCUT2D eigenvalue weighted by molar-refractivity contribution is -0.0241. The molecule has 5 nitrogen and oxygen atoms in total. The molecule has 1 N–H and O–H groups in total. The lowest BCUT2D eigenvalue weighted by Gasteiger charge is -2.33. The van der Waals surface area contributed by atoms with Crippen molar-refractivity contribution in [2.45, 2.75) is 44.2 Å². The molecule has 3 aliphatic rings. The van der Waals surface area contributed by atoms with Crippen LogP contribution in [0, 0.1) is 0 Å². The highest BCUT2D eigenvalue weighted by Gasteiger charge is 2.33. The molecule has 0 amide bonds. The van der Waals surface area contributed by atoms with Crippen molar-refractivity contribution in [3.05, 3.63) is 17.6 Å². The van der Waals surface area contributed by atoms with Gasteiger partial charge in [-0.05, 0) is 32.1 Å². The molecule has 1 saturated carbocycles. The Morgan fingerprint density at radius 3 is 3.15 bits per heavy atom. The fourth-order valence-corrected chi connectivity index (χ4v) is 3.36. The molecule has 0 bridgehead atoms. The first-order valence-electron chi connectivity index (χ1n) is 7.82. The van der Waals surface area contributed by atoms with E-state index in [9.17, 15) is 0 Å². The fraction of sp³-hybridized carbons (Fsp3) is 0.733. The quantitative estimate of drug-likeness (QED) is 0.895.